The minimum absolute atomic E-state index is 0.0435. The lowest BCUT2D eigenvalue weighted by atomic mass is 10.1. The first-order chi connectivity index (χ1) is 13.0. The van der Waals surface area contributed by atoms with Crippen molar-refractivity contribution < 1.29 is 14.6 Å². The van der Waals surface area contributed by atoms with Crippen molar-refractivity contribution in [3.8, 4) is 0 Å². The topological polar surface area (TPSA) is 103 Å². The summed E-state index contributed by atoms with van der Waals surface area (Å²) in [4.78, 5) is 31.3. The van der Waals surface area contributed by atoms with Crippen molar-refractivity contribution in [2.24, 2.45) is 0 Å². The van der Waals surface area contributed by atoms with E-state index in [0.717, 1.165) is 19.3 Å². The fourth-order valence-corrected chi connectivity index (χ4v) is 2.23. The molecule has 7 heteroatoms. The molecule has 149 valence electrons. The average molecular weight is 377 g/mol. The van der Waals surface area contributed by atoms with Gasteiger partial charge in [0.05, 0.1) is 22.7 Å². The van der Waals surface area contributed by atoms with Crippen LogP contribution in [0.2, 0.25) is 0 Å². The van der Waals surface area contributed by atoms with E-state index in [4.69, 9.17) is 0 Å². The second-order valence-corrected chi connectivity index (χ2v) is 6.02. The zero-order valence-corrected chi connectivity index (χ0v) is 16.0. The van der Waals surface area contributed by atoms with E-state index in [1.165, 1.54) is 18.6 Å². The van der Waals surface area contributed by atoms with Gasteiger partial charge in [-0.2, -0.15) is 0 Å². The predicted octanol–water partition coefficient (Wildman–Crippen LogP) is 5.45. The molecule has 0 fully saturated rings. The van der Waals surface area contributed by atoms with Crippen LogP contribution in [0.25, 0.3) is 0 Å². The van der Waals surface area contributed by atoms with Crippen molar-refractivity contribution in [3.05, 3.63) is 68.1 Å². The molecule has 0 aliphatic heterocycles. The van der Waals surface area contributed by atoms with Crippen molar-refractivity contribution in [1.29, 1.82) is 0 Å². The van der Waals surface area contributed by atoms with Gasteiger partial charge in [0.2, 0.25) is 11.4 Å². The van der Waals surface area contributed by atoms with E-state index < -0.39 is 9.85 Å². The Balaban J connectivity index is 4.64. The number of nitro groups is 2. The van der Waals surface area contributed by atoms with E-state index in [2.05, 4.69) is 6.92 Å². The highest BCUT2D eigenvalue weighted by Crippen LogP contribution is 2.12. The molecule has 0 unspecified atom stereocenters. The Morgan fingerprint density at radius 2 is 1.48 bits per heavy atom. The number of hydrogen-bond acceptors (Lipinski definition) is 5. The molecule has 0 aromatic heterocycles. The first-order valence-electron chi connectivity index (χ1n) is 9.34. The Kier molecular flexibility index (Phi) is 15.3. The number of rotatable bonds is 16. The lowest BCUT2D eigenvalue weighted by Gasteiger charge is -1.97. The summed E-state index contributed by atoms with van der Waals surface area (Å²) in [5.41, 5.74) is -0.117. The van der Waals surface area contributed by atoms with Gasteiger partial charge in [-0.05, 0) is 44.3 Å². The highest BCUT2D eigenvalue weighted by molar-refractivity contribution is 5.50. The molecule has 1 radical (unpaired) electrons. The number of hydrogen-bond donors (Lipinski definition) is 0. The second kappa shape index (κ2) is 16.9. The number of nitrogens with zero attached hydrogens (tertiary/aromatic N) is 2. The van der Waals surface area contributed by atoms with Gasteiger partial charge < -0.3 is 0 Å². The van der Waals surface area contributed by atoms with Gasteiger partial charge in [-0.3, -0.25) is 25.0 Å². The molecular weight excluding hydrogens is 348 g/mol. The summed E-state index contributed by atoms with van der Waals surface area (Å²) in [7, 11) is 0. The molecule has 27 heavy (non-hydrogen) atoms. The Labute approximate surface area is 160 Å². The first kappa shape index (κ1) is 24.4. The molecule has 0 heterocycles. The molecule has 7 nitrogen and oxygen atoms in total. The molecule has 0 aliphatic rings. The van der Waals surface area contributed by atoms with Gasteiger partial charge in [0.25, 0.3) is 0 Å². The average Bonchev–Trinajstić information content (AvgIpc) is 2.63. The van der Waals surface area contributed by atoms with Crippen LogP contribution >= 0.6 is 0 Å². The van der Waals surface area contributed by atoms with Crippen LogP contribution in [0, 0.1) is 20.2 Å². The molecule has 0 N–H and O–H groups in total. The Bertz CT molecular complexity index is 577. The fraction of sp³-hybridized carbons (Fsp3) is 0.550. The third-order valence-corrected chi connectivity index (χ3v) is 3.79. The number of unbranched alkanes of at least 4 members (excludes halogenated alkanes) is 5. The van der Waals surface area contributed by atoms with E-state index in [9.17, 15) is 25.0 Å². The van der Waals surface area contributed by atoms with E-state index in [-0.39, 0.29) is 24.2 Å². The summed E-state index contributed by atoms with van der Waals surface area (Å²) in [5, 5.41) is 22.2. The SMILES string of the molecule is CCCCC/C=C\C/C=C(\C/C=C(\C/C=C\CCC[C]=O)[N+](=O)[O-])[N+](=O)[O-]. The van der Waals surface area contributed by atoms with Crippen LogP contribution in [-0.2, 0) is 4.79 Å². The third kappa shape index (κ3) is 14.3. The fourth-order valence-electron chi connectivity index (χ4n) is 2.23. The minimum atomic E-state index is -0.519. The van der Waals surface area contributed by atoms with Crippen LogP contribution in [0.4, 0.5) is 0 Å². The quantitative estimate of drug-likeness (QED) is 0.154. The minimum Gasteiger partial charge on any atom is -0.291 e. The van der Waals surface area contributed by atoms with Crippen molar-refractivity contribution in [2.45, 2.75) is 71.1 Å². The monoisotopic (exact) mass is 377 g/mol. The van der Waals surface area contributed by atoms with E-state index in [1.54, 1.807) is 18.4 Å². The zero-order valence-electron chi connectivity index (χ0n) is 16.0. The molecule has 0 aliphatic carbocycles. The number of carbonyl (C=O) groups excluding carboxylic acids is 1. The van der Waals surface area contributed by atoms with Crippen molar-refractivity contribution in [1.82, 2.24) is 0 Å². The zero-order chi connectivity index (χ0) is 20.3. The van der Waals surface area contributed by atoms with Crippen LogP contribution in [0.1, 0.15) is 71.1 Å². The van der Waals surface area contributed by atoms with Crippen LogP contribution in [0.15, 0.2) is 47.9 Å². The van der Waals surface area contributed by atoms with Gasteiger partial charge >= 0.3 is 0 Å². The van der Waals surface area contributed by atoms with Gasteiger partial charge in [0.1, 0.15) is 0 Å². The smallest absolute Gasteiger partial charge is 0.246 e. The third-order valence-electron chi connectivity index (χ3n) is 3.79. The molecular formula is C20H29N2O5. The van der Waals surface area contributed by atoms with Gasteiger partial charge in [-0.25, -0.2) is 0 Å². The summed E-state index contributed by atoms with van der Waals surface area (Å²) in [6, 6.07) is 0. The van der Waals surface area contributed by atoms with Crippen molar-refractivity contribution in [2.75, 3.05) is 0 Å². The Hall–Kier alpha value is -2.57. The predicted molar refractivity (Wildman–Crippen MR) is 106 cm³/mol. The maximum atomic E-state index is 11.1. The summed E-state index contributed by atoms with van der Waals surface area (Å²) in [6.45, 7) is 2.13. The van der Waals surface area contributed by atoms with Crippen LogP contribution in [-0.4, -0.2) is 16.1 Å². The molecule has 0 aromatic carbocycles. The van der Waals surface area contributed by atoms with Gasteiger partial charge in [0.15, 0.2) is 6.29 Å². The maximum absolute atomic E-state index is 11.1. The van der Waals surface area contributed by atoms with Gasteiger partial charge in [0, 0.05) is 6.42 Å². The van der Waals surface area contributed by atoms with Crippen molar-refractivity contribution in [3.63, 3.8) is 0 Å². The molecule has 0 rings (SSSR count). The maximum Gasteiger partial charge on any atom is 0.246 e. The van der Waals surface area contributed by atoms with Gasteiger partial charge in [-0.1, -0.05) is 44.1 Å². The van der Waals surface area contributed by atoms with Crippen molar-refractivity contribution >= 4 is 6.29 Å². The van der Waals surface area contributed by atoms with Crippen LogP contribution in [0.5, 0.6) is 0 Å². The highest BCUT2D eigenvalue weighted by atomic mass is 16.6. The van der Waals surface area contributed by atoms with E-state index >= 15 is 0 Å². The summed E-state index contributed by atoms with van der Waals surface area (Å²) >= 11 is 0. The summed E-state index contributed by atoms with van der Waals surface area (Å²) in [6.07, 6.45) is 18.4. The largest absolute Gasteiger partial charge is 0.291 e. The van der Waals surface area contributed by atoms with Crippen LogP contribution in [0.3, 0.4) is 0 Å². The molecule has 0 saturated carbocycles. The molecule has 0 bridgehead atoms. The summed E-state index contributed by atoms with van der Waals surface area (Å²) in [5.74, 6) is 0. The number of allylic oxidation sites excluding steroid dienone is 6. The normalized spacial score (nSPS) is 12.8. The van der Waals surface area contributed by atoms with Gasteiger partial charge in [-0.15, -0.1) is 0 Å². The molecule has 0 amide bonds. The molecule has 0 saturated heterocycles. The lowest BCUT2D eigenvalue weighted by Crippen LogP contribution is -2.01. The second-order valence-electron chi connectivity index (χ2n) is 6.02. The van der Waals surface area contributed by atoms with E-state index in [0.29, 0.717) is 25.7 Å². The van der Waals surface area contributed by atoms with E-state index in [1.807, 2.05) is 12.2 Å². The lowest BCUT2D eigenvalue weighted by molar-refractivity contribution is -0.431. The Morgan fingerprint density at radius 1 is 0.852 bits per heavy atom. The molecule has 0 spiro atoms. The summed E-state index contributed by atoms with van der Waals surface area (Å²) < 4.78 is 0. The molecule has 0 atom stereocenters. The molecule has 0 aromatic rings. The highest BCUT2D eigenvalue weighted by Gasteiger charge is 2.13. The van der Waals surface area contributed by atoms with Crippen LogP contribution < -0.4 is 0 Å². The standard InChI is InChI=1S/C20H29N2O5/c1-2-3-4-5-6-8-11-14-19(21(24)25)16-17-20(22(26)27)15-12-9-7-10-13-18-23/h6,8-9,12,14,17H,2-5,7,10-11,13,15-16H2,1H3/b8-6-,12-9-,19-14+,20-17+. The first-order valence-corrected chi connectivity index (χ1v) is 9.34. The Morgan fingerprint density at radius 3 is 2.11 bits per heavy atom.